The summed E-state index contributed by atoms with van der Waals surface area (Å²) < 4.78 is 168. The van der Waals surface area contributed by atoms with Crippen LogP contribution in [0.3, 0.4) is 0 Å². The van der Waals surface area contributed by atoms with Crippen molar-refractivity contribution in [2.75, 3.05) is 100 Å². The van der Waals surface area contributed by atoms with Gasteiger partial charge in [0.1, 0.15) is 41.7 Å². The number of anilines is 4. The number of aryl methyl sites for hydroxylation is 2. The minimum absolute atomic E-state index is 0.00226. The molecule has 0 bridgehead atoms. The van der Waals surface area contributed by atoms with Gasteiger partial charge in [-0.25, -0.2) is 45.8 Å². The van der Waals surface area contributed by atoms with E-state index in [2.05, 4.69) is 46.2 Å². The zero-order chi connectivity index (χ0) is 91.8. The van der Waals surface area contributed by atoms with E-state index >= 15 is 0 Å². The number of sulfone groups is 1. The number of nitrogens with zero attached hydrogens (tertiary/aromatic N) is 9. The highest BCUT2D eigenvalue weighted by Gasteiger charge is 2.41. The van der Waals surface area contributed by atoms with Gasteiger partial charge in [0.25, 0.3) is 5.92 Å². The number of urea groups is 4. The number of aliphatic hydroxyl groups is 8. The first-order chi connectivity index (χ1) is 58.8. The van der Waals surface area contributed by atoms with E-state index < -0.39 is 130 Å². The predicted octanol–water partition coefficient (Wildman–Crippen LogP) is 15.4. The number of carbonyl (C=O) groups excluding carboxylic acids is 4. The Balaban J connectivity index is 0.000000189. The lowest BCUT2D eigenvalue weighted by Crippen LogP contribution is -2.38. The Hall–Kier alpha value is -10.8. The third kappa shape index (κ3) is 26.0. The molecule has 0 saturated carbocycles. The first-order valence-corrected chi connectivity index (χ1v) is 40.7. The van der Waals surface area contributed by atoms with Crippen LogP contribution in [0.2, 0.25) is 15.1 Å². The number of carbonyl (C=O) groups is 4. The summed E-state index contributed by atoms with van der Waals surface area (Å²) in [6, 6.07) is 17.9. The molecule has 8 amide bonds. The summed E-state index contributed by atoms with van der Waals surface area (Å²) in [6.45, 7) is 4.29. The summed E-state index contributed by atoms with van der Waals surface area (Å²) in [5, 5.41) is 82.1. The van der Waals surface area contributed by atoms with E-state index in [1.165, 1.54) is 114 Å². The zero-order valence-corrected chi connectivity index (χ0v) is 69.9. The summed E-state index contributed by atoms with van der Waals surface area (Å²) in [6.07, 6.45) is 2.19. The Labute approximate surface area is 723 Å². The molecule has 0 saturated heterocycles. The number of benzene rings is 3. The number of amides is 8. The van der Waals surface area contributed by atoms with Crippen LogP contribution in [-0.2, 0) is 28.1 Å². The van der Waals surface area contributed by atoms with Gasteiger partial charge >= 0.3 is 41.7 Å². The van der Waals surface area contributed by atoms with Crippen molar-refractivity contribution in [2.45, 2.75) is 106 Å². The van der Waals surface area contributed by atoms with E-state index in [9.17, 15) is 96.3 Å². The Morgan fingerprint density at radius 3 is 1.01 bits per heavy atom. The Kier molecular flexibility index (Phi) is 33.3. The van der Waals surface area contributed by atoms with Crippen LogP contribution in [-0.4, -0.2) is 202 Å². The van der Waals surface area contributed by atoms with E-state index in [0.29, 0.717) is 113 Å². The van der Waals surface area contributed by atoms with Crippen LogP contribution in [0.1, 0.15) is 137 Å². The molecular weight excluding hydrogens is 1750 g/mol. The van der Waals surface area contributed by atoms with Crippen LogP contribution in [0.15, 0.2) is 157 Å². The lowest BCUT2D eigenvalue weighted by Gasteiger charge is -2.27. The summed E-state index contributed by atoms with van der Waals surface area (Å²) in [5.41, 5.74) is 5.31. The number of halogens is 14. The highest BCUT2D eigenvalue weighted by molar-refractivity contribution is 7.92. The van der Waals surface area contributed by atoms with Gasteiger partial charge in [0.15, 0.2) is 0 Å². The molecule has 0 unspecified atom stereocenters. The molecule has 125 heavy (non-hydrogen) atoms. The first kappa shape index (κ1) is 98.0. The first-order valence-electron chi connectivity index (χ1n) is 38.0. The number of aliphatic hydroxyl groups excluding tert-OH is 8. The fourth-order valence-corrected chi connectivity index (χ4v) is 14.5. The van der Waals surface area contributed by atoms with Gasteiger partial charge in [-0.15, -0.1) is 0 Å². The molecule has 27 nitrogen and oxygen atoms in total. The maximum atomic E-state index is 14.4. The summed E-state index contributed by atoms with van der Waals surface area (Å²) in [5.74, 6) is -3.45. The van der Waals surface area contributed by atoms with E-state index in [-0.39, 0.29) is 77.0 Å². The Bertz CT molecular complexity index is 5300. The predicted molar refractivity (Wildman–Crippen MR) is 443 cm³/mol. The Morgan fingerprint density at radius 1 is 0.424 bits per heavy atom. The molecule has 4 aliphatic rings. The lowest BCUT2D eigenvalue weighted by molar-refractivity contribution is -0.138. The highest BCUT2D eigenvalue weighted by Crippen LogP contribution is 2.39. The molecule has 5 aromatic heterocycles. The highest BCUT2D eigenvalue weighted by atomic mass is 35.5. The second-order valence-corrected chi connectivity index (χ2v) is 32.2. The van der Waals surface area contributed by atoms with Crippen molar-refractivity contribution >= 4 is 114 Å². The molecule has 670 valence electrons. The topological polar surface area (TPSA) is 390 Å². The molecule has 4 aliphatic heterocycles. The van der Waals surface area contributed by atoms with Crippen molar-refractivity contribution in [3.05, 3.63) is 246 Å². The number of alkyl halides is 10. The van der Waals surface area contributed by atoms with E-state index in [1.807, 2.05) is 6.08 Å². The largest absolute Gasteiger partial charge is 0.416 e. The Morgan fingerprint density at radius 2 is 0.736 bits per heavy atom. The SMILES string of the molecule is CC(F)(F)S(=O)(=O)c1ccc(NC(=O)N2CC=C(c3ncc([C@@H](O)CO)cc3Cl)CC2)cc1.CC(F)(F)c1ccc(NC(=O)N2CC=C(c3ncc([C@@H](O)CO)cc3Cl)CC2)nc1.Cc1cc(NC(=O)N2CC=C(c3ncc([C@@H](O)CO)cc3Cl)CC2)ccc1C(F)(F)F.Cc1cc(NC(=O)N2CC=C(c3ncc([C@H](O)CO)cc3F)CC2)ccc1C(F)(F)F. The zero-order valence-electron chi connectivity index (χ0n) is 66.8. The van der Waals surface area contributed by atoms with Crippen LogP contribution < -0.4 is 21.3 Å². The van der Waals surface area contributed by atoms with E-state index in [0.717, 1.165) is 60.2 Å². The van der Waals surface area contributed by atoms with Gasteiger partial charge in [-0.2, -0.15) is 35.1 Å². The molecular formula is C83H85Cl3F11N13O14S. The molecule has 8 aromatic rings. The van der Waals surface area contributed by atoms with Gasteiger partial charge in [0.2, 0.25) is 9.84 Å². The molecule has 12 rings (SSSR count). The van der Waals surface area contributed by atoms with Crippen LogP contribution in [0.25, 0.3) is 22.3 Å². The quantitative estimate of drug-likeness (QED) is 0.0335. The molecule has 9 heterocycles. The van der Waals surface area contributed by atoms with E-state index in [1.54, 1.807) is 29.2 Å². The maximum absolute atomic E-state index is 14.4. The van der Waals surface area contributed by atoms with Crippen LogP contribution in [0.4, 0.5) is 90.4 Å². The molecule has 0 spiro atoms. The lowest BCUT2D eigenvalue weighted by atomic mass is 10.0. The monoisotopic (exact) mass is 1830 g/mol. The minimum Gasteiger partial charge on any atom is -0.393 e. The van der Waals surface area contributed by atoms with Gasteiger partial charge < -0.3 is 76.4 Å². The molecule has 3 aromatic carbocycles. The van der Waals surface area contributed by atoms with Crippen molar-refractivity contribution in [1.29, 1.82) is 0 Å². The van der Waals surface area contributed by atoms with Crippen molar-refractivity contribution in [2.24, 2.45) is 0 Å². The molecule has 0 aliphatic carbocycles. The molecule has 42 heteroatoms. The fraction of sp³-hybridized carbons (Fsp3) is 0.337. The second kappa shape index (κ2) is 42.4. The van der Waals surface area contributed by atoms with Crippen molar-refractivity contribution in [3.8, 4) is 0 Å². The number of rotatable bonds is 19. The average Bonchev–Trinajstić information content (AvgIpc) is 0.795. The second-order valence-electron chi connectivity index (χ2n) is 28.8. The van der Waals surface area contributed by atoms with Gasteiger partial charge in [0, 0.05) is 142 Å². The molecule has 0 radical (unpaired) electrons. The number of nitrogens with one attached hydrogen (secondary N) is 4. The number of pyridine rings is 5. The third-order valence-electron chi connectivity index (χ3n) is 19.8. The van der Waals surface area contributed by atoms with Gasteiger partial charge in [0.05, 0.1) is 74.6 Å². The standard InChI is InChI=1S/C21H21ClF3N3O3.C21H22ClF2N3O5S.C21H21F4N3O3.C20H21ClF2N4O3/c1-12-8-15(2-3-16(12)21(23,24)25)27-20(31)28-6-4-13(5-7-28)19-17(22)9-14(10-26-19)18(30)11-29;1-21(23,24)33(31,32)16-4-2-15(3-5-16)26-20(30)27-8-6-13(7-9-27)19-17(22)10-14(11-25-19)18(29)12-28;1-12-8-15(2-3-16(12)21(23,24)25)27-20(31)28-6-4-13(5-7-28)19-17(22)9-14(10-26-19)18(30)11-29;1-20(22,23)14-2-3-17(24-10-14)26-19(30)27-6-4-12(5-7-27)18-15(21)8-13(9-25-18)16(29)11-28/h2-4,8-10,18,29-30H,5-7,11H2,1H3,(H,27,31);2-6,10-11,18,28-29H,7-9,12H2,1H3,(H,26,30);2-4,8-10,18,29-30H,5-7,11H2,1H3,(H,27,31);2-4,8-10,16,28-29H,5-7,11H2,1H3,(H,24,26,30)/t3*18-;16-/m0010/s1. The summed E-state index contributed by atoms with van der Waals surface area (Å²) in [7, 11) is -4.79. The van der Waals surface area contributed by atoms with Crippen LogP contribution >= 0.6 is 34.8 Å². The van der Waals surface area contributed by atoms with Gasteiger partial charge in [-0.05, 0) is 170 Å². The van der Waals surface area contributed by atoms with Crippen LogP contribution in [0.5, 0.6) is 0 Å². The normalized spacial score (nSPS) is 15.5. The van der Waals surface area contributed by atoms with Crippen molar-refractivity contribution in [1.82, 2.24) is 44.5 Å². The number of hydrogen-bond acceptors (Lipinski definition) is 19. The molecule has 4 atom stereocenters. The minimum atomic E-state index is -4.79. The average molecular weight is 1840 g/mol. The maximum Gasteiger partial charge on any atom is 0.416 e. The summed E-state index contributed by atoms with van der Waals surface area (Å²) in [4.78, 5) is 76.0. The van der Waals surface area contributed by atoms with E-state index in [4.69, 9.17) is 55.2 Å². The van der Waals surface area contributed by atoms with Crippen molar-refractivity contribution in [3.63, 3.8) is 0 Å². The summed E-state index contributed by atoms with van der Waals surface area (Å²) >= 11 is 18.8. The number of aromatic nitrogens is 5. The molecule has 0 fully saturated rings. The van der Waals surface area contributed by atoms with Gasteiger partial charge in [-0.1, -0.05) is 59.1 Å². The third-order valence-corrected chi connectivity index (χ3v) is 22.5. The smallest absolute Gasteiger partial charge is 0.393 e. The molecule has 12 N–H and O–H groups in total. The van der Waals surface area contributed by atoms with Crippen LogP contribution in [0, 0.1) is 19.7 Å². The number of hydrogen-bond donors (Lipinski definition) is 12. The van der Waals surface area contributed by atoms with Crippen molar-refractivity contribution < 1.29 is 117 Å². The van der Waals surface area contributed by atoms with Gasteiger partial charge in [-0.3, -0.25) is 25.3 Å². The fourth-order valence-electron chi connectivity index (χ4n) is 12.7.